The normalized spacial score (nSPS) is 12.1. The van der Waals surface area contributed by atoms with Crippen molar-refractivity contribution in [1.29, 1.82) is 0 Å². The van der Waals surface area contributed by atoms with Gasteiger partial charge in [0.05, 0.1) is 10.4 Å². The van der Waals surface area contributed by atoms with Gasteiger partial charge in [0.15, 0.2) is 16.5 Å². The highest BCUT2D eigenvalue weighted by Gasteiger charge is 2.25. The van der Waals surface area contributed by atoms with Crippen molar-refractivity contribution in [2.45, 2.75) is 9.92 Å². The molecule has 0 atom stereocenters. The lowest BCUT2D eigenvalue weighted by Gasteiger charge is -2.09. The molecule has 3 heterocycles. The second-order valence-electron chi connectivity index (χ2n) is 6.26. The average molecular weight is 419 g/mol. The Kier molecular flexibility index (Phi) is 4.52. The van der Waals surface area contributed by atoms with Gasteiger partial charge in [-0.05, 0) is 24.3 Å². The molecule has 9 nitrogen and oxygen atoms in total. The van der Waals surface area contributed by atoms with Gasteiger partial charge in [0.1, 0.15) is 6.33 Å². The number of fused-ring (bicyclic) bond motifs is 2. The summed E-state index contributed by atoms with van der Waals surface area (Å²) >= 11 is 1.18. The molecule has 0 amide bonds. The Morgan fingerprint density at radius 2 is 1.90 bits per heavy atom. The minimum Gasteiger partial charge on any atom is -0.454 e. The lowest BCUT2D eigenvalue weighted by atomic mass is 10.2. The van der Waals surface area contributed by atoms with Gasteiger partial charge >= 0.3 is 5.69 Å². The third kappa shape index (κ3) is 3.33. The number of rotatable bonds is 5. The number of nitrogens with zero attached hydrogens (tertiary/aromatic N) is 4. The molecule has 30 heavy (non-hydrogen) atoms. The van der Waals surface area contributed by atoms with Gasteiger partial charge in [-0.1, -0.05) is 30.0 Å². The van der Waals surface area contributed by atoms with Crippen LogP contribution in [0.2, 0.25) is 0 Å². The summed E-state index contributed by atoms with van der Waals surface area (Å²) in [6, 6.07) is 14.6. The smallest absolute Gasteiger partial charge is 0.343 e. The molecule has 0 radical (unpaired) electrons. The minimum atomic E-state index is -0.490. The molecule has 0 bridgehead atoms. The minimum absolute atomic E-state index is 0.0876. The summed E-state index contributed by atoms with van der Waals surface area (Å²) in [6.45, 7) is 0.145. The highest BCUT2D eigenvalue weighted by molar-refractivity contribution is 7.99. The zero-order valence-electron chi connectivity index (χ0n) is 15.3. The Morgan fingerprint density at radius 1 is 1.03 bits per heavy atom. The fourth-order valence-corrected chi connectivity index (χ4v) is 4.06. The van der Waals surface area contributed by atoms with Crippen molar-refractivity contribution in [3.8, 4) is 11.5 Å². The van der Waals surface area contributed by atoms with Crippen molar-refractivity contribution >= 4 is 39.9 Å². The molecule has 1 aliphatic rings. The molecule has 0 saturated carbocycles. The van der Waals surface area contributed by atoms with Crippen LogP contribution in [0.25, 0.3) is 10.9 Å². The summed E-state index contributed by atoms with van der Waals surface area (Å²) < 4.78 is 10.7. The first-order valence-corrected chi connectivity index (χ1v) is 9.68. The van der Waals surface area contributed by atoms with Crippen LogP contribution >= 0.6 is 11.8 Å². The Labute approximate surface area is 174 Å². The second-order valence-corrected chi connectivity index (χ2v) is 7.29. The summed E-state index contributed by atoms with van der Waals surface area (Å²) in [5, 5.41) is 16.0. The van der Waals surface area contributed by atoms with Crippen molar-refractivity contribution in [2.75, 3.05) is 12.1 Å². The Morgan fingerprint density at radius 3 is 2.80 bits per heavy atom. The maximum atomic E-state index is 11.9. The highest BCUT2D eigenvalue weighted by atomic mass is 32.2. The number of hydrogen-bond donors (Lipinski definition) is 1. The molecule has 10 heteroatoms. The van der Waals surface area contributed by atoms with Gasteiger partial charge in [-0.3, -0.25) is 15.1 Å². The van der Waals surface area contributed by atoms with Gasteiger partial charge in [0.2, 0.25) is 12.6 Å². The molecule has 1 aliphatic heterocycles. The Bertz CT molecular complexity index is 1280. The van der Waals surface area contributed by atoms with Crippen molar-refractivity contribution in [1.82, 2.24) is 15.0 Å². The van der Waals surface area contributed by atoms with E-state index < -0.39 is 4.92 Å². The first kappa shape index (κ1) is 18.1. The molecule has 0 fully saturated rings. The van der Waals surface area contributed by atoms with Crippen molar-refractivity contribution < 1.29 is 14.4 Å². The molecule has 148 valence electrons. The van der Waals surface area contributed by atoms with Crippen LogP contribution < -0.4 is 14.8 Å². The molecule has 5 rings (SSSR count). The predicted molar refractivity (Wildman–Crippen MR) is 110 cm³/mol. The van der Waals surface area contributed by atoms with Gasteiger partial charge in [0, 0.05) is 28.2 Å². The van der Waals surface area contributed by atoms with Gasteiger partial charge in [-0.25, -0.2) is 9.97 Å². The third-order valence-corrected chi connectivity index (χ3v) is 5.45. The number of nitro groups is 1. The van der Waals surface area contributed by atoms with Crippen LogP contribution in [0.3, 0.4) is 0 Å². The zero-order chi connectivity index (χ0) is 20.5. The molecule has 1 N–H and O–H groups in total. The molecule has 0 aliphatic carbocycles. The van der Waals surface area contributed by atoms with Crippen molar-refractivity contribution in [2.24, 2.45) is 0 Å². The van der Waals surface area contributed by atoms with E-state index in [4.69, 9.17) is 9.47 Å². The number of aromatic nitrogens is 3. The molecule has 4 aromatic rings. The van der Waals surface area contributed by atoms with Crippen LogP contribution in [0.1, 0.15) is 0 Å². The van der Waals surface area contributed by atoms with Crippen LogP contribution in [0.15, 0.2) is 71.0 Å². The zero-order valence-corrected chi connectivity index (χ0v) is 16.1. The van der Waals surface area contributed by atoms with Crippen LogP contribution in [-0.4, -0.2) is 26.7 Å². The summed E-state index contributed by atoms with van der Waals surface area (Å²) in [7, 11) is 0. The lowest BCUT2D eigenvalue weighted by molar-refractivity contribution is -0.387. The summed E-state index contributed by atoms with van der Waals surface area (Å²) in [6.07, 6.45) is 2.98. The lowest BCUT2D eigenvalue weighted by Crippen LogP contribution is -2.03. The number of pyridine rings is 1. The fourth-order valence-electron chi connectivity index (χ4n) is 3.07. The monoisotopic (exact) mass is 419 g/mol. The number of nitrogens with one attached hydrogen (secondary N) is 1. The fraction of sp³-hybridized carbons (Fsp3) is 0.0500. The van der Waals surface area contributed by atoms with Crippen LogP contribution in [-0.2, 0) is 0 Å². The molecule has 0 saturated heterocycles. The van der Waals surface area contributed by atoms with E-state index in [1.807, 2.05) is 30.3 Å². The topological polar surface area (TPSA) is 112 Å². The Hall–Kier alpha value is -3.92. The Balaban J connectivity index is 1.53. The van der Waals surface area contributed by atoms with E-state index in [-0.39, 0.29) is 23.3 Å². The largest absolute Gasteiger partial charge is 0.454 e. The van der Waals surface area contributed by atoms with E-state index in [0.29, 0.717) is 17.2 Å². The number of anilines is 2. The molecular weight excluding hydrogens is 406 g/mol. The molecule has 2 aromatic carbocycles. The van der Waals surface area contributed by atoms with Crippen LogP contribution in [0, 0.1) is 10.1 Å². The third-order valence-electron chi connectivity index (χ3n) is 4.41. The van der Waals surface area contributed by atoms with Gasteiger partial charge < -0.3 is 14.8 Å². The van der Waals surface area contributed by atoms with E-state index in [0.717, 1.165) is 15.8 Å². The number of hydrogen-bond acceptors (Lipinski definition) is 9. The number of ether oxygens (including phenoxy) is 2. The SMILES string of the molecule is O=[N+]([O-])c1c(Nc2ccc3c(c2)OCO3)ncnc1Sc1cccc2cccnc12. The van der Waals surface area contributed by atoms with E-state index >= 15 is 0 Å². The van der Waals surface area contributed by atoms with E-state index in [1.54, 1.807) is 24.4 Å². The average Bonchev–Trinajstić information content (AvgIpc) is 3.22. The molecule has 0 spiro atoms. The maximum absolute atomic E-state index is 11.9. The quantitative estimate of drug-likeness (QED) is 0.283. The summed E-state index contributed by atoms with van der Waals surface area (Å²) in [5.41, 5.74) is 1.13. The standard InChI is InChI=1S/C20H13N5O4S/c26-25(27)18-19(24-13-6-7-14-15(9-13)29-11-28-14)22-10-23-20(18)30-16-5-1-3-12-4-2-8-21-17(12)16/h1-10H,11H2,(H,22,23,24). The second kappa shape index (κ2) is 7.48. The first-order valence-electron chi connectivity index (χ1n) is 8.87. The highest BCUT2D eigenvalue weighted by Crippen LogP contribution is 2.40. The molecule has 2 aromatic heterocycles. The van der Waals surface area contributed by atoms with Crippen molar-refractivity contribution in [3.05, 3.63) is 71.2 Å². The molecule has 0 unspecified atom stereocenters. The van der Waals surface area contributed by atoms with Gasteiger partial charge in [-0.2, -0.15) is 0 Å². The van der Waals surface area contributed by atoms with Crippen molar-refractivity contribution in [3.63, 3.8) is 0 Å². The van der Waals surface area contributed by atoms with E-state index in [1.165, 1.54) is 18.1 Å². The number of benzene rings is 2. The molecular formula is C20H13N5O4S. The summed E-state index contributed by atoms with van der Waals surface area (Å²) in [5.74, 6) is 1.27. The van der Waals surface area contributed by atoms with Gasteiger partial charge in [-0.15, -0.1) is 0 Å². The predicted octanol–water partition coefficient (Wildman–Crippen LogP) is 4.56. The van der Waals surface area contributed by atoms with Gasteiger partial charge in [0.25, 0.3) is 0 Å². The summed E-state index contributed by atoms with van der Waals surface area (Å²) in [4.78, 5) is 24.8. The first-order chi connectivity index (χ1) is 14.7. The van der Waals surface area contributed by atoms with Crippen LogP contribution in [0.4, 0.5) is 17.2 Å². The maximum Gasteiger partial charge on any atom is 0.343 e. The number of para-hydroxylation sites is 1. The van der Waals surface area contributed by atoms with Crippen LogP contribution in [0.5, 0.6) is 11.5 Å². The van der Waals surface area contributed by atoms with E-state index in [2.05, 4.69) is 20.3 Å². The van der Waals surface area contributed by atoms with E-state index in [9.17, 15) is 10.1 Å².